The van der Waals surface area contributed by atoms with E-state index in [2.05, 4.69) is 15.2 Å². The molecular weight excluding hydrogens is 320 g/mol. The molecule has 114 valence electrons. The van der Waals surface area contributed by atoms with E-state index in [4.69, 9.17) is 0 Å². The van der Waals surface area contributed by atoms with Gasteiger partial charge in [0.15, 0.2) is 0 Å². The van der Waals surface area contributed by atoms with Crippen molar-refractivity contribution in [3.8, 4) is 0 Å². The molecule has 0 aliphatic carbocycles. The zero-order valence-corrected chi connectivity index (χ0v) is 13.3. The summed E-state index contributed by atoms with van der Waals surface area (Å²) in [5, 5.41) is 7.18. The average Bonchev–Trinajstić information content (AvgIpc) is 3.25. The largest absolute Gasteiger partial charge is 0.284 e. The van der Waals surface area contributed by atoms with Crippen LogP contribution in [-0.2, 0) is 10.0 Å². The molecule has 0 saturated carbocycles. The van der Waals surface area contributed by atoms with Crippen LogP contribution >= 0.6 is 11.3 Å². The second-order valence-electron chi connectivity index (χ2n) is 5.23. The molecule has 0 bridgehead atoms. The number of para-hydroxylation sites is 1. The Labute approximate surface area is 131 Å². The zero-order valence-electron chi connectivity index (χ0n) is 11.6. The highest BCUT2D eigenvalue weighted by atomic mass is 32.2. The van der Waals surface area contributed by atoms with E-state index >= 15 is 0 Å². The fraction of sp³-hybridized carbons (Fsp3) is 0.286. The lowest BCUT2D eigenvalue weighted by molar-refractivity contribution is 0.396. The van der Waals surface area contributed by atoms with Crippen LogP contribution in [0.3, 0.4) is 0 Å². The Bertz CT molecular complexity index is 869. The normalized spacial score (nSPS) is 19.9. The standard InChI is InChI=1S/C14H14N4O2S2/c19-22(20,10-8-15-16-9-10)18-7-3-5-12(18)14-17-11-4-1-2-6-13(11)21-14/h1-2,4,6,8-9,12H,3,5,7H2,(H,15,16). The number of hydrogen-bond donors (Lipinski definition) is 1. The summed E-state index contributed by atoms with van der Waals surface area (Å²) in [6.07, 6.45) is 4.42. The summed E-state index contributed by atoms with van der Waals surface area (Å²) in [6, 6.07) is 7.70. The monoisotopic (exact) mass is 334 g/mol. The van der Waals surface area contributed by atoms with Crippen LogP contribution < -0.4 is 0 Å². The van der Waals surface area contributed by atoms with Crippen molar-refractivity contribution in [2.24, 2.45) is 0 Å². The minimum Gasteiger partial charge on any atom is -0.284 e. The maximum absolute atomic E-state index is 12.7. The lowest BCUT2D eigenvalue weighted by Crippen LogP contribution is -2.30. The van der Waals surface area contributed by atoms with E-state index < -0.39 is 10.0 Å². The van der Waals surface area contributed by atoms with Crippen molar-refractivity contribution in [3.63, 3.8) is 0 Å². The number of benzene rings is 1. The molecule has 1 aliphatic rings. The summed E-state index contributed by atoms with van der Waals surface area (Å²) in [6.45, 7) is 0.522. The lowest BCUT2D eigenvalue weighted by atomic mass is 10.2. The first-order chi connectivity index (χ1) is 10.7. The molecule has 1 atom stereocenters. The number of nitrogens with one attached hydrogen (secondary N) is 1. The molecule has 2 aromatic heterocycles. The van der Waals surface area contributed by atoms with Crippen LogP contribution in [0.25, 0.3) is 10.2 Å². The third kappa shape index (κ3) is 2.15. The number of aromatic nitrogens is 3. The molecular formula is C14H14N4O2S2. The number of fused-ring (bicyclic) bond motifs is 1. The molecule has 22 heavy (non-hydrogen) atoms. The van der Waals surface area contributed by atoms with Gasteiger partial charge >= 0.3 is 0 Å². The van der Waals surface area contributed by atoms with Gasteiger partial charge in [0.2, 0.25) is 10.0 Å². The smallest absolute Gasteiger partial charge is 0.246 e. The zero-order chi connectivity index (χ0) is 15.2. The fourth-order valence-corrected chi connectivity index (χ4v) is 5.57. The Morgan fingerprint density at radius 1 is 1.32 bits per heavy atom. The summed E-state index contributed by atoms with van der Waals surface area (Å²) < 4.78 is 28.1. The highest BCUT2D eigenvalue weighted by Gasteiger charge is 2.38. The molecule has 1 aromatic carbocycles. The number of H-pyrrole nitrogens is 1. The molecule has 0 amide bonds. The van der Waals surface area contributed by atoms with Crippen molar-refractivity contribution >= 4 is 31.6 Å². The van der Waals surface area contributed by atoms with E-state index in [-0.39, 0.29) is 10.9 Å². The van der Waals surface area contributed by atoms with Crippen LogP contribution in [0.15, 0.2) is 41.6 Å². The maximum atomic E-state index is 12.7. The number of sulfonamides is 1. The molecule has 1 fully saturated rings. The molecule has 6 nitrogen and oxygen atoms in total. The van der Waals surface area contributed by atoms with Crippen molar-refractivity contribution in [3.05, 3.63) is 41.7 Å². The third-order valence-electron chi connectivity index (χ3n) is 3.88. The topological polar surface area (TPSA) is 79.0 Å². The third-order valence-corrected chi connectivity index (χ3v) is 6.89. The van der Waals surface area contributed by atoms with Gasteiger partial charge in [0.05, 0.1) is 22.5 Å². The van der Waals surface area contributed by atoms with E-state index in [1.54, 1.807) is 15.6 Å². The van der Waals surface area contributed by atoms with Crippen molar-refractivity contribution in [2.45, 2.75) is 23.8 Å². The number of hydrogen-bond acceptors (Lipinski definition) is 5. The van der Waals surface area contributed by atoms with Crippen molar-refractivity contribution in [2.75, 3.05) is 6.54 Å². The van der Waals surface area contributed by atoms with Gasteiger partial charge in [-0.05, 0) is 25.0 Å². The number of aromatic amines is 1. The van der Waals surface area contributed by atoms with E-state index in [0.29, 0.717) is 6.54 Å². The van der Waals surface area contributed by atoms with Gasteiger partial charge in [-0.1, -0.05) is 12.1 Å². The molecule has 0 radical (unpaired) electrons. The van der Waals surface area contributed by atoms with Gasteiger partial charge in [0.1, 0.15) is 9.90 Å². The van der Waals surface area contributed by atoms with Gasteiger partial charge in [0, 0.05) is 12.7 Å². The van der Waals surface area contributed by atoms with Gasteiger partial charge in [-0.15, -0.1) is 11.3 Å². The summed E-state index contributed by atoms with van der Waals surface area (Å²) in [5.74, 6) is 0. The Kier molecular flexibility index (Phi) is 3.24. The quantitative estimate of drug-likeness (QED) is 0.798. The lowest BCUT2D eigenvalue weighted by Gasteiger charge is -2.21. The van der Waals surface area contributed by atoms with Crippen molar-refractivity contribution < 1.29 is 8.42 Å². The minimum absolute atomic E-state index is 0.183. The Morgan fingerprint density at radius 3 is 2.95 bits per heavy atom. The molecule has 1 unspecified atom stereocenters. The molecule has 1 N–H and O–H groups in total. The molecule has 1 saturated heterocycles. The molecule has 0 spiro atoms. The summed E-state index contributed by atoms with van der Waals surface area (Å²) in [7, 11) is -3.52. The molecule has 3 heterocycles. The maximum Gasteiger partial charge on any atom is 0.246 e. The molecule has 4 rings (SSSR count). The first kappa shape index (κ1) is 13.9. The Hall–Kier alpha value is -1.77. The van der Waals surface area contributed by atoms with Gasteiger partial charge in [0.25, 0.3) is 0 Å². The van der Waals surface area contributed by atoms with Crippen LogP contribution in [-0.4, -0.2) is 34.4 Å². The van der Waals surface area contributed by atoms with Gasteiger partial charge < -0.3 is 0 Å². The Morgan fingerprint density at radius 2 is 2.18 bits per heavy atom. The van der Waals surface area contributed by atoms with Crippen LogP contribution in [0.2, 0.25) is 0 Å². The van der Waals surface area contributed by atoms with Gasteiger partial charge in [-0.25, -0.2) is 13.4 Å². The highest BCUT2D eigenvalue weighted by Crippen LogP contribution is 2.39. The van der Waals surface area contributed by atoms with E-state index in [1.165, 1.54) is 12.4 Å². The molecule has 1 aliphatic heterocycles. The first-order valence-electron chi connectivity index (χ1n) is 7.02. The van der Waals surface area contributed by atoms with Crippen LogP contribution in [0.4, 0.5) is 0 Å². The van der Waals surface area contributed by atoms with Gasteiger partial charge in [-0.3, -0.25) is 5.10 Å². The molecule has 3 aromatic rings. The minimum atomic E-state index is -3.52. The summed E-state index contributed by atoms with van der Waals surface area (Å²) in [4.78, 5) is 4.84. The Balaban J connectivity index is 1.75. The highest BCUT2D eigenvalue weighted by molar-refractivity contribution is 7.89. The molecule has 8 heteroatoms. The number of rotatable bonds is 3. The van der Waals surface area contributed by atoms with Crippen molar-refractivity contribution in [1.29, 1.82) is 0 Å². The predicted molar refractivity (Wildman–Crippen MR) is 84.1 cm³/mol. The average molecular weight is 334 g/mol. The van der Waals surface area contributed by atoms with E-state index in [9.17, 15) is 8.42 Å². The fourth-order valence-electron chi connectivity index (χ4n) is 2.82. The van der Waals surface area contributed by atoms with E-state index in [1.807, 2.05) is 24.3 Å². The second-order valence-corrected chi connectivity index (χ2v) is 8.18. The predicted octanol–water partition coefficient (Wildman–Crippen LogP) is 2.55. The number of nitrogens with zero attached hydrogens (tertiary/aromatic N) is 3. The summed E-state index contributed by atoms with van der Waals surface area (Å²) in [5.41, 5.74) is 0.926. The second kappa shape index (κ2) is 5.15. The van der Waals surface area contributed by atoms with Gasteiger partial charge in [-0.2, -0.15) is 9.40 Å². The first-order valence-corrected chi connectivity index (χ1v) is 9.28. The number of thiazole rings is 1. The summed E-state index contributed by atoms with van der Waals surface area (Å²) >= 11 is 1.57. The van der Waals surface area contributed by atoms with Crippen LogP contribution in [0.1, 0.15) is 23.9 Å². The van der Waals surface area contributed by atoms with E-state index in [0.717, 1.165) is 28.1 Å². The van der Waals surface area contributed by atoms with Crippen LogP contribution in [0.5, 0.6) is 0 Å². The van der Waals surface area contributed by atoms with Crippen molar-refractivity contribution in [1.82, 2.24) is 19.5 Å². The SMILES string of the molecule is O=S(=O)(c1cn[nH]c1)N1CCCC1c1nc2ccccc2s1. The van der Waals surface area contributed by atoms with Crippen LogP contribution in [0, 0.1) is 0 Å².